The third-order valence-electron chi connectivity index (χ3n) is 7.98. The number of non-ortho nitro benzene ring substituents is 2. The average molecular weight is 993 g/mol. The number of aliphatic hydroxyl groups is 2. The van der Waals surface area contributed by atoms with Gasteiger partial charge in [0.15, 0.2) is 11.4 Å². The minimum atomic E-state index is -4.55. The van der Waals surface area contributed by atoms with Crippen LogP contribution in [0.15, 0.2) is 114 Å². The Hall–Kier alpha value is -7.57. The van der Waals surface area contributed by atoms with Crippen molar-refractivity contribution in [3.63, 3.8) is 0 Å². The van der Waals surface area contributed by atoms with E-state index in [-0.39, 0.29) is 55.1 Å². The van der Waals surface area contributed by atoms with E-state index in [0.717, 1.165) is 62.4 Å². The Kier molecular flexibility index (Phi) is 18.3. The van der Waals surface area contributed by atoms with E-state index in [1.807, 2.05) is 0 Å². The zero-order chi connectivity index (χ0) is 48.4. The van der Waals surface area contributed by atoms with Gasteiger partial charge in [0.2, 0.25) is 0 Å². The number of amides is 2. The van der Waals surface area contributed by atoms with Gasteiger partial charge in [-0.05, 0) is 51.0 Å². The number of azo groups is 2. The number of nitro groups is 2. The van der Waals surface area contributed by atoms with Crippen LogP contribution in [0.5, 0.6) is 23.0 Å². The number of nitrogens with one attached hydrogen (secondary N) is 2. The Morgan fingerprint density at radius 2 is 0.969 bits per heavy atom. The maximum absolute atomic E-state index is 12.6. The van der Waals surface area contributed by atoms with Crippen LogP contribution in [0, 0.1) is 34.1 Å². The first-order valence-electron chi connectivity index (χ1n) is 17.2. The third kappa shape index (κ3) is 14.2. The van der Waals surface area contributed by atoms with Crippen molar-refractivity contribution in [3.8, 4) is 23.0 Å². The summed E-state index contributed by atoms with van der Waals surface area (Å²) in [6.45, 7) is 4.96. The van der Waals surface area contributed by atoms with Crippen LogP contribution < -0.4 is 30.3 Å². The van der Waals surface area contributed by atoms with Gasteiger partial charge in [0.1, 0.15) is 32.8 Å². The number of nitrogens with zero attached hydrogens (tertiary/aromatic N) is 6. The standard InChI is InChI=1S/2C18H18N4O9S.Co/c2*1-9-6-13(15(31-3)8-16(9)32(28,29)30)19-18(25)17(10(2)23)21-20-12-7-11(22(26)27)4-5-14(12)24;/h2*4-8,23-24H,1-3H3,(H,19,25)(H,28,29,30);/p+1. The van der Waals surface area contributed by atoms with Gasteiger partial charge < -0.3 is 40.5 Å². The summed E-state index contributed by atoms with van der Waals surface area (Å²) in [5, 5.41) is 83.8. The van der Waals surface area contributed by atoms with Gasteiger partial charge in [0.05, 0.1) is 46.8 Å². The van der Waals surface area contributed by atoms with E-state index in [1.54, 1.807) is 0 Å². The zero-order valence-electron chi connectivity index (χ0n) is 37.1. The van der Waals surface area contributed by atoms with Gasteiger partial charge in [0.25, 0.3) is 43.4 Å². The van der Waals surface area contributed by atoms with Crippen molar-refractivity contribution in [1.82, 2.24) is 0 Å². The van der Waals surface area contributed by atoms with Gasteiger partial charge in [-0.25, -0.2) is 0 Å². The Bertz CT molecular complexity index is 2720. The molecule has 6 N–H and O–H groups in total. The number of carbonyl (C=O) groups is 2. The van der Waals surface area contributed by atoms with Crippen molar-refractivity contribution in [3.05, 3.63) is 115 Å². The van der Waals surface area contributed by atoms with Crippen molar-refractivity contribution in [2.24, 2.45) is 20.5 Å². The molecule has 0 aromatic heterocycles. The number of hydrogen-bond donors (Lipinski definition) is 6. The van der Waals surface area contributed by atoms with Gasteiger partial charge in [0, 0.05) is 53.2 Å². The Labute approximate surface area is 382 Å². The van der Waals surface area contributed by atoms with Gasteiger partial charge in [-0.3, -0.25) is 38.9 Å². The molecule has 65 heavy (non-hydrogen) atoms. The number of ether oxygens (including phenoxy) is 2. The molecule has 0 aliphatic rings. The number of hydrogen-bond acceptors (Lipinski definition) is 20. The molecule has 0 aliphatic carbocycles. The molecule has 26 nitrogen and oxygen atoms in total. The maximum Gasteiger partial charge on any atom is 1.00 e. The van der Waals surface area contributed by atoms with E-state index in [0.29, 0.717) is 0 Å². The van der Waals surface area contributed by atoms with Gasteiger partial charge in [-0.1, -0.05) is 23.6 Å². The fraction of sp³-hybridized carbons (Fsp3) is 0.167. The van der Waals surface area contributed by atoms with E-state index < -0.39 is 109 Å². The van der Waals surface area contributed by atoms with Crippen molar-refractivity contribution < 1.29 is 96.3 Å². The summed E-state index contributed by atoms with van der Waals surface area (Å²) in [5.41, 5.74) is -2.83. The zero-order valence-corrected chi connectivity index (χ0v) is 36.8. The number of nitro benzene ring substituents is 2. The van der Waals surface area contributed by atoms with Crippen LogP contribution in [-0.2, 0) is 46.6 Å². The summed E-state index contributed by atoms with van der Waals surface area (Å²) in [4.78, 5) is 44.5. The molecule has 0 saturated heterocycles. The molecule has 0 aliphatic heterocycles. The molecule has 29 heteroatoms. The number of benzene rings is 4. The van der Waals surface area contributed by atoms with Crippen molar-refractivity contribution >= 4 is 66.2 Å². The van der Waals surface area contributed by atoms with Crippen molar-refractivity contribution in [2.75, 3.05) is 24.9 Å². The summed E-state index contributed by atoms with van der Waals surface area (Å²) < 4.78 is 74.4. The van der Waals surface area contributed by atoms with E-state index >= 15 is 0 Å². The Morgan fingerprint density at radius 3 is 1.23 bits per heavy atom. The summed E-state index contributed by atoms with van der Waals surface area (Å²) >= 11 is 0. The largest absolute Gasteiger partial charge is 1.00 e. The molecule has 0 heterocycles. The van der Waals surface area contributed by atoms with Crippen LogP contribution >= 0.6 is 0 Å². The number of aliphatic hydroxyl groups excluding tert-OH is 2. The maximum atomic E-state index is 12.6. The molecule has 4 aromatic carbocycles. The number of rotatable bonds is 14. The number of methoxy groups -OCH3 is 2. The molecule has 4 rings (SSSR count). The first kappa shape index (κ1) is 53.6. The molecule has 0 bridgehead atoms. The number of aryl methyl sites for hydroxylation is 2. The summed E-state index contributed by atoms with van der Waals surface area (Å²) in [7, 11) is -6.71. The molecule has 349 valence electrons. The first-order valence-corrected chi connectivity index (χ1v) is 20.1. The van der Waals surface area contributed by atoms with E-state index in [1.165, 1.54) is 40.2 Å². The fourth-order valence-corrected chi connectivity index (χ4v) is 6.40. The number of carbonyl (C=O) groups excluding carboxylic acids is 2. The second-order valence-electron chi connectivity index (χ2n) is 12.6. The molecule has 0 unspecified atom stereocenters. The molecule has 4 aromatic rings. The molecular weight excluding hydrogens is 956 g/mol. The SMILES string of the molecule is COc1cc(S(=O)(=O)O)c(C)cc1NC(=O)C(N=Nc1cc([N+](=O)[O-])ccc1[O-])=C(C)O.COc1cc(S(=O)(=O)O)c(C)cc1NC(=O)C(N=Nc1cc([N+](=O)[O-])ccc1[O-])=C(C)O.[Co].[H+].[H+].[H+]. The molecule has 0 atom stereocenters. The summed E-state index contributed by atoms with van der Waals surface area (Å²) in [6, 6.07) is 9.88. The predicted molar refractivity (Wildman–Crippen MR) is 220 cm³/mol. The Balaban J connectivity index is 0. The smallest absolute Gasteiger partial charge is 0.871 e. The second kappa shape index (κ2) is 22.2. The molecule has 2 amide bonds. The predicted octanol–water partition coefficient (Wildman–Crippen LogP) is 5.82. The molecule has 0 fully saturated rings. The van der Waals surface area contributed by atoms with Crippen LogP contribution in [0.2, 0.25) is 0 Å². The van der Waals surface area contributed by atoms with Gasteiger partial charge >= 0.3 is 4.28 Å². The first-order chi connectivity index (χ1) is 29.7. The average Bonchev–Trinajstić information content (AvgIpc) is 3.18. The summed E-state index contributed by atoms with van der Waals surface area (Å²) in [5.74, 6) is -4.84. The van der Waals surface area contributed by atoms with E-state index in [4.69, 9.17) is 9.47 Å². The number of allylic oxidation sites excluding steroid dienone is 2. The molecular formula is C36H37CoN8O18S2+. The Morgan fingerprint density at radius 1 is 0.646 bits per heavy atom. The minimum Gasteiger partial charge on any atom is -0.871 e. The second-order valence-corrected chi connectivity index (χ2v) is 15.4. The van der Waals surface area contributed by atoms with Crippen LogP contribution in [0.1, 0.15) is 29.3 Å². The minimum absolute atomic E-state index is 0. The van der Waals surface area contributed by atoms with Crippen LogP contribution in [-0.4, -0.2) is 72.0 Å². The monoisotopic (exact) mass is 992 g/mol. The topological polar surface area (TPSA) is 408 Å². The van der Waals surface area contributed by atoms with Gasteiger partial charge in [-0.2, -0.15) is 27.1 Å². The van der Waals surface area contributed by atoms with E-state index in [2.05, 4.69) is 31.1 Å². The van der Waals surface area contributed by atoms with Crippen LogP contribution in [0.25, 0.3) is 0 Å². The summed E-state index contributed by atoms with van der Waals surface area (Å²) in [6.07, 6.45) is 0. The molecule has 1 radical (unpaired) electrons. The molecule has 0 spiro atoms. The van der Waals surface area contributed by atoms with Crippen LogP contribution in [0.3, 0.4) is 0 Å². The quantitative estimate of drug-likeness (QED) is 0.0216. The number of anilines is 2. The van der Waals surface area contributed by atoms with Crippen molar-refractivity contribution in [2.45, 2.75) is 37.5 Å². The molecule has 0 saturated carbocycles. The fourth-order valence-electron chi connectivity index (χ4n) is 4.96. The van der Waals surface area contributed by atoms with Crippen LogP contribution in [0.4, 0.5) is 34.1 Å². The van der Waals surface area contributed by atoms with Gasteiger partial charge in [-0.15, -0.1) is 10.2 Å². The van der Waals surface area contributed by atoms with E-state index in [9.17, 15) is 76.2 Å². The normalized spacial score (nSPS) is 12.2. The third-order valence-corrected chi connectivity index (χ3v) is 9.98. The van der Waals surface area contributed by atoms with Crippen molar-refractivity contribution in [1.29, 1.82) is 0 Å².